The Labute approximate surface area is 118 Å². The van der Waals surface area contributed by atoms with Crippen molar-refractivity contribution in [1.82, 2.24) is 15.1 Å². The lowest BCUT2D eigenvalue weighted by atomic mass is 10.1. The van der Waals surface area contributed by atoms with Gasteiger partial charge in [0.2, 0.25) is 0 Å². The van der Waals surface area contributed by atoms with Gasteiger partial charge in [-0.2, -0.15) is 0 Å². The summed E-state index contributed by atoms with van der Waals surface area (Å²) in [6.45, 7) is 9.00. The maximum Gasteiger partial charge on any atom is 0.0224 e. The second kappa shape index (κ2) is 6.55. The third-order valence-electron chi connectivity index (χ3n) is 5.20. The summed E-state index contributed by atoms with van der Waals surface area (Å²) in [5, 5.41) is 3.61. The lowest BCUT2D eigenvalue weighted by molar-refractivity contribution is 0.0583. The highest BCUT2D eigenvalue weighted by Gasteiger charge is 2.33. The average molecular weight is 265 g/mol. The normalized spacial score (nSPS) is 32.7. The molecule has 19 heavy (non-hydrogen) atoms. The third kappa shape index (κ3) is 3.93. The van der Waals surface area contributed by atoms with Gasteiger partial charge in [-0.25, -0.2) is 0 Å². The molecule has 3 heteroatoms. The molecule has 0 aromatic heterocycles. The van der Waals surface area contributed by atoms with Crippen molar-refractivity contribution in [3.63, 3.8) is 0 Å². The second-order valence-corrected chi connectivity index (χ2v) is 6.92. The summed E-state index contributed by atoms with van der Waals surface area (Å²) in [5.74, 6) is 0. The molecule has 2 heterocycles. The van der Waals surface area contributed by atoms with Crippen molar-refractivity contribution >= 4 is 0 Å². The van der Waals surface area contributed by atoms with E-state index in [0.717, 1.165) is 18.1 Å². The van der Waals surface area contributed by atoms with Gasteiger partial charge in [0.25, 0.3) is 0 Å². The van der Waals surface area contributed by atoms with E-state index in [4.69, 9.17) is 0 Å². The van der Waals surface area contributed by atoms with Gasteiger partial charge in [-0.3, -0.25) is 9.80 Å². The van der Waals surface area contributed by atoms with Crippen LogP contribution >= 0.6 is 0 Å². The number of unbranched alkanes of at least 4 members (excludes halogenated alkanes) is 2. The van der Waals surface area contributed by atoms with Gasteiger partial charge >= 0.3 is 0 Å². The number of hydrogen-bond acceptors (Lipinski definition) is 3. The van der Waals surface area contributed by atoms with Gasteiger partial charge in [-0.1, -0.05) is 6.42 Å². The predicted octanol–water partition coefficient (Wildman–Crippen LogP) is 2.08. The predicted molar refractivity (Wildman–Crippen MR) is 80.5 cm³/mol. The molecule has 3 rings (SSSR count). The fourth-order valence-electron chi connectivity index (χ4n) is 3.77. The van der Waals surface area contributed by atoms with Crippen LogP contribution in [-0.4, -0.2) is 60.6 Å². The van der Waals surface area contributed by atoms with Crippen molar-refractivity contribution in [1.29, 1.82) is 0 Å². The van der Waals surface area contributed by atoms with Crippen LogP contribution in [0, 0.1) is 0 Å². The van der Waals surface area contributed by atoms with Crippen LogP contribution in [0.15, 0.2) is 0 Å². The monoisotopic (exact) mass is 265 g/mol. The number of piperazine rings is 1. The Kier molecular flexibility index (Phi) is 4.78. The van der Waals surface area contributed by atoms with Crippen molar-refractivity contribution in [3.8, 4) is 0 Å². The Morgan fingerprint density at radius 1 is 1.05 bits per heavy atom. The zero-order valence-corrected chi connectivity index (χ0v) is 12.6. The van der Waals surface area contributed by atoms with Crippen molar-refractivity contribution in [2.45, 2.75) is 70.0 Å². The van der Waals surface area contributed by atoms with E-state index >= 15 is 0 Å². The van der Waals surface area contributed by atoms with Crippen LogP contribution in [0.25, 0.3) is 0 Å². The fourth-order valence-corrected chi connectivity index (χ4v) is 3.77. The third-order valence-corrected chi connectivity index (χ3v) is 5.20. The van der Waals surface area contributed by atoms with E-state index in [1.807, 2.05) is 0 Å². The lowest BCUT2D eigenvalue weighted by Crippen LogP contribution is -2.54. The molecular formula is C16H31N3. The first kappa shape index (κ1) is 13.8. The highest BCUT2D eigenvalue weighted by molar-refractivity contribution is 4.90. The van der Waals surface area contributed by atoms with E-state index in [-0.39, 0.29) is 0 Å². The standard InChI is InChI=1S/C16H31N3/c1-14-12-19-11-5-6-16(19)13-18(14)10-4-2-3-9-17-15-7-8-15/h14-17H,2-13H2,1H3. The summed E-state index contributed by atoms with van der Waals surface area (Å²) in [6.07, 6.45) is 9.87. The van der Waals surface area contributed by atoms with Crippen LogP contribution in [0.4, 0.5) is 0 Å². The Morgan fingerprint density at radius 2 is 1.95 bits per heavy atom. The molecule has 0 amide bonds. The van der Waals surface area contributed by atoms with E-state index in [2.05, 4.69) is 22.0 Å². The van der Waals surface area contributed by atoms with E-state index in [1.54, 1.807) is 0 Å². The van der Waals surface area contributed by atoms with E-state index < -0.39 is 0 Å². The van der Waals surface area contributed by atoms with Gasteiger partial charge in [-0.05, 0) is 65.1 Å². The van der Waals surface area contributed by atoms with E-state index in [1.165, 1.54) is 77.7 Å². The minimum Gasteiger partial charge on any atom is -0.314 e. The maximum atomic E-state index is 3.61. The summed E-state index contributed by atoms with van der Waals surface area (Å²) < 4.78 is 0. The number of hydrogen-bond donors (Lipinski definition) is 1. The second-order valence-electron chi connectivity index (χ2n) is 6.92. The van der Waals surface area contributed by atoms with Gasteiger partial charge in [0.05, 0.1) is 0 Å². The summed E-state index contributed by atoms with van der Waals surface area (Å²) in [4.78, 5) is 5.47. The molecule has 0 radical (unpaired) electrons. The summed E-state index contributed by atoms with van der Waals surface area (Å²) in [7, 11) is 0. The van der Waals surface area contributed by atoms with Crippen LogP contribution in [0.1, 0.15) is 51.9 Å². The molecule has 2 aliphatic heterocycles. The molecule has 0 aromatic carbocycles. The quantitative estimate of drug-likeness (QED) is 0.711. The van der Waals surface area contributed by atoms with Crippen molar-refractivity contribution in [2.24, 2.45) is 0 Å². The van der Waals surface area contributed by atoms with Gasteiger partial charge in [-0.15, -0.1) is 0 Å². The SMILES string of the molecule is CC1CN2CCCC2CN1CCCCCNC1CC1. The Bertz CT molecular complexity index is 277. The van der Waals surface area contributed by atoms with Crippen LogP contribution in [0.2, 0.25) is 0 Å². The first-order valence-electron chi connectivity index (χ1n) is 8.54. The molecule has 0 spiro atoms. The number of nitrogens with zero attached hydrogens (tertiary/aromatic N) is 2. The Balaban J connectivity index is 1.28. The molecule has 110 valence electrons. The van der Waals surface area contributed by atoms with Crippen molar-refractivity contribution in [2.75, 3.05) is 32.7 Å². The highest BCUT2D eigenvalue weighted by Crippen LogP contribution is 2.24. The Morgan fingerprint density at radius 3 is 2.79 bits per heavy atom. The van der Waals surface area contributed by atoms with Gasteiger partial charge in [0.15, 0.2) is 0 Å². The number of rotatable bonds is 7. The summed E-state index contributed by atoms with van der Waals surface area (Å²) in [6, 6.07) is 2.54. The van der Waals surface area contributed by atoms with Crippen LogP contribution in [0.5, 0.6) is 0 Å². The molecule has 1 N–H and O–H groups in total. The zero-order chi connectivity index (χ0) is 13.1. The molecule has 3 fully saturated rings. The minimum absolute atomic E-state index is 0.777. The molecule has 2 atom stereocenters. The molecular weight excluding hydrogens is 234 g/mol. The summed E-state index contributed by atoms with van der Waals surface area (Å²) in [5.41, 5.74) is 0. The Hall–Kier alpha value is -0.120. The first-order valence-corrected chi connectivity index (χ1v) is 8.54. The average Bonchev–Trinajstić information content (AvgIpc) is 3.12. The van der Waals surface area contributed by atoms with Crippen molar-refractivity contribution < 1.29 is 0 Å². The van der Waals surface area contributed by atoms with E-state index in [9.17, 15) is 0 Å². The van der Waals surface area contributed by atoms with Crippen LogP contribution < -0.4 is 5.32 Å². The van der Waals surface area contributed by atoms with Gasteiger partial charge in [0, 0.05) is 31.2 Å². The molecule has 1 saturated carbocycles. The number of fused-ring (bicyclic) bond motifs is 1. The van der Waals surface area contributed by atoms with Crippen LogP contribution in [-0.2, 0) is 0 Å². The van der Waals surface area contributed by atoms with Gasteiger partial charge in [0.1, 0.15) is 0 Å². The van der Waals surface area contributed by atoms with Gasteiger partial charge < -0.3 is 5.32 Å². The number of nitrogens with one attached hydrogen (secondary N) is 1. The molecule has 2 unspecified atom stereocenters. The topological polar surface area (TPSA) is 18.5 Å². The molecule has 0 aromatic rings. The van der Waals surface area contributed by atoms with Crippen LogP contribution in [0.3, 0.4) is 0 Å². The fraction of sp³-hybridized carbons (Fsp3) is 1.00. The zero-order valence-electron chi connectivity index (χ0n) is 12.6. The minimum atomic E-state index is 0.777. The highest BCUT2D eigenvalue weighted by atomic mass is 15.3. The largest absolute Gasteiger partial charge is 0.314 e. The smallest absolute Gasteiger partial charge is 0.0224 e. The molecule has 2 saturated heterocycles. The van der Waals surface area contributed by atoms with Crippen molar-refractivity contribution in [3.05, 3.63) is 0 Å². The van der Waals surface area contributed by atoms with E-state index in [0.29, 0.717) is 0 Å². The maximum absolute atomic E-state index is 3.61. The molecule has 3 aliphatic rings. The molecule has 1 aliphatic carbocycles. The molecule has 0 bridgehead atoms. The first-order chi connectivity index (χ1) is 9.33. The molecule has 3 nitrogen and oxygen atoms in total. The summed E-state index contributed by atoms with van der Waals surface area (Å²) >= 11 is 0. The lowest BCUT2D eigenvalue weighted by Gasteiger charge is -2.42.